The summed E-state index contributed by atoms with van der Waals surface area (Å²) in [7, 11) is 0. The van der Waals surface area contributed by atoms with Crippen LogP contribution in [0.25, 0.3) is 0 Å². The topological polar surface area (TPSA) is 81.8 Å². The maximum Gasteiger partial charge on any atom is 0.251 e. The van der Waals surface area contributed by atoms with E-state index in [0.717, 1.165) is 11.3 Å². The van der Waals surface area contributed by atoms with Crippen LogP contribution in [0.2, 0.25) is 0 Å². The Morgan fingerprint density at radius 1 is 0.882 bits per heavy atom. The van der Waals surface area contributed by atoms with Gasteiger partial charge in [-0.25, -0.2) is 0 Å². The molecule has 0 aliphatic carbocycles. The third-order valence-corrected chi connectivity index (χ3v) is 6.07. The van der Waals surface area contributed by atoms with Crippen molar-refractivity contribution in [1.82, 2.24) is 15.1 Å². The first-order valence-corrected chi connectivity index (χ1v) is 11.9. The lowest BCUT2D eigenvalue weighted by Gasteiger charge is -2.34. The second-order valence-electron chi connectivity index (χ2n) is 9.90. The predicted octanol–water partition coefficient (Wildman–Crippen LogP) is 3.20. The molecule has 0 atom stereocenters. The zero-order valence-electron chi connectivity index (χ0n) is 20.7. The van der Waals surface area contributed by atoms with Crippen molar-refractivity contribution in [2.24, 2.45) is 0 Å². The van der Waals surface area contributed by atoms with Crippen molar-refractivity contribution < 1.29 is 14.4 Å². The van der Waals surface area contributed by atoms with Gasteiger partial charge in [-0.1, -0.05) is 50.6 Å². The predicted molar refractivity (Wildman–Crippen MR) is 135 cm³/mol. The molecule has 7 heteroatoms. The van der Waals surface area contributed by atoms with Crippen molar-refractivity contribution >= 4 is 23.4 Å². The summed E-state index contributed by atoms with van der Waals surface area (Å²) in [6.07, 6.45) is 0.264. The molecule has 1 aliphatic heterocycles. The number of amides is 3. The van der Waals surface area contributed by atoms with Crippen molar-refractivity contribution in [1.29, 1.82) is 0 Å². The van der Waals surface area contributed by atoms with Gasteiger partial charge in [0, 0.05) is 50.4 Å². The SMILES string of the molecule is Cc1ccc(NC(=O)CN2CCN(C(=O)CCNC(=O)c3ccc(C(C)(C)C)cc3)CC2)cc1. The Hall–Kier alpha value is -3.19. The molecule has 0 spiro atoms. The second kappa shape index (κ2) is 11.3. The maximum absolute atomic E-state index is 12.5. The molecule has 0 bridgehead atoms. The number of nitrogens with one attached hydrogen (secondary N) is 2. The largest absolute Gasteiger partial charge is 0.352 e. The molecule has 3 amide bonds. The van der Waals surface area contributed by atoms with Crippen LogP contribution in [0.15, 0.2) is 48.5 Å². The number of hydrogen-bond acceptors (Lipinski definition) is 4. The number of anilines is 1. The first kappa shape index (κ1) is 25.4. The smallest absolute Gasteiger partial charge is 0.251 e. The first-order chi connectivity index (χ1) is 16.1. The van der Waals surface area contributed by atoms with Gasteiger partial charge in [-0.3, -0.25) is 19.3 Å². The Kier molecular flexibility index (Phi) is 8.45. The zero-order chi connectivity index (χ0) is 24.7. The standard InChI is InChI=1S/C27H36N4O3/c1-20-5-11-23(12-6-20)29-24(32)19-30-15-17-31(18-16-30)25(33)13-14-28-26(34)21-7-9-22(10-8-21)27(2,3)4/h5-12H,13-19H2,1-4H3,(H,28,34)(H,29,32). The molecule has 0 saturated carbocycles. The minimum Gasteiger partial charge on any atom is -0.352 e. The molecule has 0 aromatic heterocycles. The van der Waals surface area contributed by atoms with Gasteiger partial charge in [0.05, 0.1) is 6.54 Å². The van der Waals surface area contributed by atoms with Gasteiger partial charge < -0.3 is 15.5 Å². The van der Waals surface area contributed by atoms with Gasteiger partial charge in [0.1, 0.15) is 0 Å². The Morgan fingerprint density at radius 3 is 2.09 bits per heavy atom. The highest BCUT2D eigenvalue weighted by molar-refractivity contribution is 5.94. The van der Waals surface area contributed by atoms with Crippen LogP contribution in [-0.2, 0) is 15.0 Å². The van der Waals surface area contributed by atoms with Gasteiger partial charge in [0.15, 0.2) is 0 Å². The summed E-state index contributed by atoms with van der Waals surface area (Å²) >= 11 is 0. The molecule has 34 heavy (non-hydrogen) atoms. The van der Waals surface area contributed by atoms with E-state index in [1.54, 1.807) is 4.90 Å². The number of carbonyl (C=O) groups excluding carboxylic acids is 3. The molecule has 1 aliphatic rings. The minimum atomic E-state index is -0.169. The monoisotopic (exact) mass is 464 g/mol. The molecule has 3 rings (SSSR count). The van der Waals surface area contributed by atoms with Crippen LogP contribution in [0.1, 0.15) is 48.7 Å². The molecular weight excluding hydrogens is 428 g/mol. The first-order valence-electron chi connectivity index (χ1n) is 11.9. The maximum atomic E-state index is 12.5. The Balaban J connectivity index is 1.35. The lowest BCUT2D eigenvalue weighted by Crippen LogP contribution is -2.50. The van der Waals surface area contributed by atoms with Crippen molar-refractivity contribution in [3.05, 3.63) is 65.2 Å². The van der Waals surface area contributed by atoms with Gasteiger partial charge in [0.25, 0.3) is 5.91 Å². The number of aryl methyl sites for hydroxylation is 1. The van der Waals surface area contributed by atoms with E-state index >= 15 is 0 Å². The van der Waals surface area contributed by atoms with E-state index in [1.165, 1.54) is 5.56 Å². The second-order valence-corrected chi connectivity index (χ2v) is 9.90. The number of benzene rings is 2. The average Bonchev–Trinajstić information content (AvgIpc) is 2.80. The minimum absolute atomic E-state index is 0.0205. The van der Waals surface area contributed by atoms with Gasteiger partial charge in [-0.15, -0.1) is 0 Å². The van der Waals surface area contributed by atoms with Crippen molar-refractivity contribution in [3.8, 4) is 0 Å². The molecule has 1 heterocycles. The van der Waals surface area contributed by atoms with Crippen LogP contribution in [0.4, 0.5) is 5.69 Å². The van der Waals surface area contributed by atoms with Crippen LogP contribution >= 0.6 is 0 Å². The lowest BCUT2D eigenvalue weighted by atomic mass is 9.87. The zero-order valence-corrected chi connectivity index (χ0v) is 20.7. The van der Waals surface area contributed by atoms with E-state index in [-0.39, 0.29) is 29.6 Å². The fraction of sp³-hybridized carbons (Fsp3) is 0.444. The van der Waals surface area contributed by atoms with Crippen LogP contribution in [0, 0.1) is 6.92 Å². The summed E-state index contributed by atoms with van der Waals surface area (Å²) in [5.41, 5.74) is 3.74. The van der Waals surface area contributed by atoms with Crippen LogP contribution in [-0.4, -0.2) is 66.8 Å². The molecule has 0 radical (unpaired) electrons. The fourth-order valence-electron chi connectivity index (χ4n) is 3.86. The molecule has 7 nitrogen and oxygen atoms in total. The molecule has 2 aromatic rings. The Labute approximate surface area is 202 Å². The number of rotatable bonds is 7. The molecule has 1 saturated heterocycles. The van der Waals surface area contributed by atoms with Crippen LogP contribution in [0.3, 0.4) is 0 Å². The molecule has 182 valence electrons. The van der Waals surface area contributed by atoms with E-state index in [1.807, 2.05) is 55.5 Å². The van der Waals surface area contributed by atoms with Crippen molar-refractivity contribution in [2.45, 2.75) is 39.5 Å². The third kappa shape index (κ3) is 7.42. The molecule has 2 aromatic carbocycles. The summed E-state index contributed by atoms with van der Waals surface area (Å²) in [5, 5.41) is 5.75. The third-order valence-electron chi connectivity index (χ3n) is 6.07. The van der Waals surface area contributed by atoms with E-state index in [0.29, 0.717) is 44.8 Å². The normalized spacial score (nSPS) is 14.5. The number of nitrogens with zero attached hydrogens (tertiary/aromatic N) is 2. The van der Waals surface area contributed by atoms with E-state index in [2.05, 4.69) is 36.3 Å². The van der Waals surface area contributed by atoms with Gasteiger partial charge >= 0.3 is 0 Å². The van der Waals surface area contributed by atoms with Gasteiger partial charge in [-0.05, 0) is 42.2 Å². The van der Waals surface area contributed by atoms with Crippen molar-refractivity contribution in [3.63, 3.8) is 0 Å². The summed E-state index contributed by atoms with van der Waals surface area (Å²) < 4.78 is 0. The van der Waals surface area contributed by atoms with Gasteiger partial charge in [0.2, 0.25) is 11.8 Å². The summed E-state index contributed by atoms with van der Waals surface area (Å²) in [6.45, 7) is 11.5. The lowest BCUT2D eigenvalue weighted by molar-refractivity contribution is -0.132. The fourth-order valence-corrected chi connectivity index (χ4v) is 3.86. The number of piperazine rings is 1. The molecule has 0 unspecified atom stereocenters. The van der Waals surface area contributed by atoms with Crippen LogP contribution < -0.4 is 10.6 Å². The average molecular weight is 465 g/mol. The quantitative estimate of drug-likeness (QED) is 0.659. The molecule has 1 fully saturated rings. The van der Waals surface area contributed by atoms with E-state index < -0.39 is 0 Å². The Morgan fingerprint density at radius 2 is 1.50 bits per heavy atom. The van der Waals surface area contributed by atoms with E-state index in [9.17, 15) is 14.4 Å². The molecule has 2 N–H and O–H groups in total. The summed E-state index contributed by atoms with van der Waals surface area (Å²) in [4.78, 5) is 41.1. The summed E-state index contributed by atoms with van der Waals surface area (Å²) in [5.74, 6) is -0.202. The number of hydrogen-bond donors (Lipinski definition) is 2. The Bertz CT molecular complexity index is 986. The highest BCUT2D eigenvalue weighted by Gasteiger charge is 2.22. The highest BCUT2D eigenvalue weighted by Crippen LogP contribution is 2.22. The van der Waals surface area contributed by atoms with E-state index in [4.69, 9.17) is 0 Å². The van der Waals surface area contributed by atoms with Crippen LogP contribution in [0.5, 0.6) is 0 Å². The summed E-state index contributed by atoms with van der Waals surface area (Å²) in [6, 6.07) is 15.3. The molecular formula is C27H36N4O3. The van der Waals surface area contributed by atoms with Crippen molar-refractivity contribution in [2.75, 3.05) is 44.6 Å². The van der Waals surface area contributed by atoms with Gasteiger partial charge in [-0.2, -0.15) is 0 Å². The highest BCUT2D eigenvalue weighted by atomic mass is 16.2. The number of carbonyl (C=O) groups is 3.